The van der Waals surface area contributed by atoms with Crippen LogP contribution in [-0.2, 0) is 11.8 Å². The number of unbranched alkanes of at least 4 members (excludes halogenated alkanes) is 1. The molecular formula is C20H30O. The number of hydrogen-bond donors (Lipinski definition) is 0. The summed E-state index contributed by atoms with van der Waals surface area (Å²) in [5, 5.41) is 0. The highest BCUT2D eigenvalue weighted by Gasteiger charge is 2.15. The van der Waals surface area contributed by atoms with Gasteiger partial charge in [0.15, 0.2) is 0 Å². The van der Waals surface area contributed by atoms with Crippen LogP contribution in [0.2, 0.25) is 0 Å². The third-order valence-electron chi connectivity index (χ3n) is 3.41. The summed E-state index contributed by atoms with van der Waals surface area (Å²) in [5.74, 6) is 7.52. The van der Waals surface area contributed by atoms with Crippen LogP contribution in [0.25, 0.3) is 0 Å². The number of rotatable bonds is 6. The predicted octanol–water partition coefficient (Wildman–Crippen LogP) is 5.51. The monoisotopic (exact) mass is 286 g/mol. The molecule has 0 spiro atoms. The van der Waals surface area contributed by atoms with E-state index < -0.39 is 0 Å². The van der Waals surface area contributed by atoms with Crippen LogP contribution in [0, 0.1) is 11.8 Å². The third kappa shape index (κ3) is 6.25. The second-order valence-corrected chi connectivity index (χ2v) is 6.52. The lowest BCUT2D eigenvalue weighted by atomic mass is 9.85. The Morgan fingerprint density at radius 3 is 2.33 bits per heavy atom. The molecule has 116 valence electrons. The Morgan fingerprint density at radius 2 is 1.71 bits per heavy atom. The maximum atomic E-state index is 5.88. The molecular weight excluding hydrogens is 256 g/mol. The first-order valence-corrected chi connectivity index (χ1v) is 8.21. The van der Waals surface area contributed by atoms with Crippen molar-refractivity contribution in [3.05, 3.63) is 29.3 Å². The van der Waals surface area contributed by atoms with Crippen LogP contribution in [0.5, 0.6) is 5.75 Å². The molecule has 0 amide bonds. The minimum Gasteiger partial charge on any atom is -0.493 e. The van der Waals surface area contributed by atoms with E-state index in [1.807, 2.05) is 0 Å². The lowest BCUT2D eigenvalue weighted by Crippen LogP contribution is -2.12. The molecule has 0 radical (unpaired) electrons. The normalized spacial score (nSPS) is 10.9. The molecule has 0 aliphatic rings. The molecule has 0 bridgehead atoms. The van der Waals surface area contributed by atoms with Gasteiger partial charge in [0.2, 0.25) is 0 Å². The van der Waals surface area contributed by atoms with Crippen molar-refractivity contribution in [3.8, 4) is 17.6 Å². The van der Waals surface area contributed by atoms with Gasteiger partial charge in [-0.05, 0) is 41.9 Å². The second kappa shape index (κ2) is 8.78. The van der Waals surface area contributed by atoms with Crippen LogP contribution in [0.4, 0.5) is 0 Å². The van der Waals surface area contributed by atoms with Crippen molar-refractivity contribution in [2.45, 2.75) is 72.1 Å². The Hall–Kier alpha value is -1.42. The standard InChI is InChI=1S/C20H30O/c1-6-8-9-10-11-12-17-16-18(20(3,4)5)13-14-19(17)21-15-7-2/h13-14,16H,6-8,11-12,15H2,1-5H3. The number of benzene rings is 1. The molecule has 0 atom stereocenters. The molecule has 0 N–H and O–H groups in total. The van der Waals surface area contributed by atoms with Crippen LogP contribution >= 0.6 is 0 Å². The van der Waals surface area contributed by atoms with E-state index >= 15 is 0 Å². The van der Waals surface area contributed by atoms with Crippen LogP contribution < -0.4 is 4.74 Å². The van der Waals surface area contributed by atoms with Gasteiger partial charge in [0.25, 0.3) is 0 Å². The molecule has 0 aliphatic heterocycles. The van der Waals surface area contributed by atoms with E-state index in [-0.39, 0.29) is 5.41 Å². The zero-order valence-electron chi connectivity index (χ0n) is 14.4. The van der Waals surface area contributed by atoms with Gasteiger partial charge in [0.05, 0.1) is 6.61 Å². The lowest BCUT2D eigenvalue weighted by Gasteiger charge is -2.21. The van der Waals surface area contributed by atoms with E-state index in [1.165, 1.54) is 11.1 Å². The Balaban J connectivity index is 2.87. The first-order valence-electron chi connectivity index (χ1n) is 8.21. The van der Waals surface area contributed by atoms with E-state index in [2.05, 4.69) is 64.7 Å². The highest BCUT2D eigenvalue weighted by molar-refractivity contribution is 5.40. The predicted molar refractivity (Wildman–Crippen MR) is 91.9 cm³/mol. The molecule has 21 heavy (non-hydrogen) atoms. The fraction of sp³-hybridized carbons (Fsp3) is 0.600. The molecule has 1 aromatic carbocycles. The first kappa shape index (κ1) is 17.6. The van der Waals surface area contributed by atoms with Crippen molar-refractivity contribution >= 4 is 0 Å². The topological polar surface area (TPSA) is 9.23 Å². The fourth-order valence-electron chi connectivity index (χ4n) is 2.09. The Bertz CT molecular complexity index is 483. The summed E-state index contributed by atoms with van der Waals surface area (Å²) < 4.78 is 5.88. The van der Waals surface area contributed by atoms with Gasteiger partial charge in [0.1, 0.15) is 5.75 Å². The van der Waals surface area contributed by atoms with Gasteiger partial charge in [0, 0.05) is 12.8 Å². The van der Waals surface area contributed by atoms with Crippen molar-refractivity contribution in [2.24, 2.45) is 0 Å². The maximum Gasteiger partial charge on any atom is 0.122 e. The van der Waals surface area contributed by atoms with Crippen LogP contribution in [-0.4, -0.2) is 6.61 Å². The number of ether oxygens (including phenoxy) is 1. The van der Waals surface area contributed by atoms with E-state index in [0.717, 1.165) is 44.5 Å². The molecule has 0 unspecified atom stereocenters. The average Bonchev–Trinajstić information content (AvgIpc) is 2.44. The van der Waals surface area contributed by atoms with E-state index in [4.69, 9.17) is 4.74 Å². The highest BCUT2D eigenvalue weighted by atomic mass is 16.5. The lowest BCUT2D eigenvalue weighted by molar-refractivity contribution is 0.314. The van der Waals surface area contributed by atoms with E-state index in [1.54, 1.807) is 0 Å². The Labute approximate surface area is 131 Å². The summed E-state index contributed by atoms with van der Waals surface area (Å²) >= 11 is 0. The summed E-state index contributed by atoms with van der Waals surface area (Å²) in [5.41, 5.74) is 2.83. The van der Waals surface area contributed by atoms with Gasteiger partial charge < -0.3 is 4.74 Å². The average molecular weight is 286 g/mol. The van der Waals surface area contributed by atoms with Crippen molar-refractivity contribution in [1.29, 1.82) is 0 Å². The largest absolute Gasteiger partial charge is 0.493 e. The van der Waals surface area contributed by atoms with Crippen molar-refractivity contribution in [1.82, 2.24) is 0 Å². The third-order valence-corrected chi connectivity index (χ3v) is 3.41. The number of aryl methyl sites for hydroxylation is 1. The summed E-state index contributed by atoms with van der Waals surface area (Å²) in [6.07, 6.45) is 5.06. The van der Waals surface area contributed by atoms with Crippen molar-refractivity contribution in [3.63, 3.8) is 0 Å². The molecule has 1 rings (SSSR count). The van der Waals surface area contributed by atoms with Crippen LogP contribution in [0.1, 0.15) is 71.4 Å². The van der Waals surface area contributed by atoms with Crippen LogP contribution in [0.15, 0.2) is 18.2 Å². The summed E-state index contributed by atoms with van der Waals surface area (Å²) in [4.78, 5) is 0. The van der Waals surface area contributed by atoms with Gasteiger partial charge in [-0.25, -0.2) is 0 Å². The molecule has 0 saturated heterocycles. The highest BCUT2D eigenvalue weighted by Crippen LogP contribution is 2.29. The van der Waals surface area contributed by atoms with E-state index in [0.29, 0.717) is 0 Å². The van der Waals surface area contributed by atoms with Crippen molar-refractivity contribution in [2.75, 3.05) is 6.61 Å². The molecule has 0 aromatic heterocycles. The zero-order valence-corrected chi connectivity index (χ0v) is 14.4. The van der Waals surface area contributed by atoms with Gasteiger partial charge >= 0.3 is 0 Å². The molecule has 0 saturated carbocycles. The van der Waals surface area contributed by atoms with E-state index in [9.17, 15) is 0 Å². The minimum atomic E-state index is 0.173. The van der Waals surface area contributed by atoms with Gasteiger partial charge in [-0.1, -0.05) is 46.8 Å². The smallest absolute Gasteiger partial charge is 0.122 e. The summed E-state index contributed by atoms with van der Waals surface area (Å²) in [6, 6.07) is 6.62. The van der Waals surface area contributed by atoms with Gasteiger partial charge in [-0.15, -0.1) is 11.8 Å². The number of hydrogen-bond acceptors (Lipinski definition) is 1. The maximum absolute atomic E-state index is 5.88. The SMILES string of the molecule is CCCC#CCCc1cc(C(C)(C)C)ccc1OCCC. The molecule has 0 fully saturated rings. The molecule has 0 aliphatic carbocycles. The molecule has 0 heterocycles. The zero-order chi connectivity index (χ0) is 15.7. The molecule has 1 aromatic rings. The quantitative estimate of drug-likeness (QED) is 0.627. The fourth-order valence-corrected chi connectivity index (χ4v) is 2.09. The molecule has 1 nitrogen and oxygen atoms in total. The first-order chi connectivity index (χ1) is 9.99. The minimum absolute atomic E-state index is 0.173. The summed E-state index contributed by atoms with van der Waals surface area (Å²) in [7, 11) is 0. The molecule has 1 heteroatoms. The second-order valence-electron chi connectivity index (χ2n) is 6.52. The van der Waals surface area contributed by atoms with Gasteiger partial charge in [-0.3, -0.25) is 0 Å². The van der Waals surface area contributed by atoms with Crippen molar-refractivity contribution < 1.29 is 4.74 Å². The van der Waals surface area contributed by atoms with Gasteiger partial charge in [-0.2, -0.15) is 0 Å². The Morgan fingerprint density at radius 1 is 1.00 bits per heavy atom. The summed E-state index contributed by atoms with van der Waals surface area (Å²) in [6.45, 7) is 11.8. The van der Waals surface area contributed by atoms with Crippen LogP contribution in [0.3, 0.4) is 0 Å². The Kier molecular flexibility index (Phi) is 7.37.